The van der Waals surface area contributed by atoms with Crippen LogP contribution in [0.2, 0.25) is 0 Å². The fraction of sp³-hybridized carbons (Fsp3) is 1.00. The Hall–Kier alpha value is -0.200. The second-order valence-corrected chi connectivity index (χ2v) is 12.5. The third kappa shape index (κ3) is 3.30. The normalized spacial score (nSPS) is 47.9. The molecule has 0 aromatic heterocycles. The van der Waals surface area contributed by atoms with Crippen molar-refractivity contribution in [2.24, 2.45) is 11.3 Å². The molecule has 8 fully saturated rings. The van der Waals surface area contributed by atoms with Crippen LogP contribution in [0.5, 0.6) is 0 Å². The molecule has 0 spiro atoms. The lowest BCUT2D eigenvalue weighted by atomic mass is 9.56. The molecule has 7 saturated heterocycles. The van der Waals surface area contributed by atoms with E-state index in [1.165, 1.54) is 51.6 Å². The number of fused-ring (bicyclic) bond motifs is 6. The molecular weight excluding hydrogens is 374 g/mol. The standard InChI is InChI=1S/C25H43N3O2/c1-17(2)26-12-23-10-25(16-26,30-23)7-18(3)27-11-20-8-24(9-20,15-27)6-19(4)28-21-5-22(28)14-29-13-21/h17-23H,5-16H2,1-4H3. The van der Waals surface area contributed by atoms with Crippen molar-refractivity contribution in [1.29, 1.82) is 0 Å². The van der Waals surface area contributed by atoms with Crippen LogP contribution in [0.1, 0.15) is 66.2 Å². The minimum atomic E-state index is 0.143. The highest BCUT2D eigenvalue weighted by Crippen LogP contribution is 2.55. The van der Waals surface area contributed by atoms with Crippen molar-refractivity contribution in [3.05, 3.63) is 0 Å². The summed E-state index contributed by atoms with van der Waals surface area (Å²) < 4.78 is 12.2. The fourth-order valence-corrected chi connectivity index (χ4v) is 8.55. The summed E-state index contributed by atoms with van der Waals surface area (Å²) in [5.74, 6) is 0.943. The van der Waals surface area contributed by atoms with Gasteiger partial charge in [-0.3, -0.25) is 14.7 Å². The Labute approximate surface area is 183 Å². The summed E-state index contributed by atoms with van der Waals surface area (Å²) in [5.41, 5.74) is 0.725. The maximum atomic E-state index is 6.44. The van der Waals surface area contributed by atoms with Crippen molar-refractivity contribution < 1.29 is 9.47 Å². The van der Waals surface area contributed by atoms with Gasteiger partial charge in [0.25, 0.3) is 0 Å². The van der Waals surface area contributed by atoms with E-state index < -0.39 is 0 Å². The van der Waals surface area contributed by atoms with Crippen molar-refractivity contribution in [2.75, 3.05) is 39.4 Å². The molecule has 7 heterocycles. The molecule has 5 heteroatoms. The third-order valence-corrected chi connectivity index (χ3v) is 9.69. The summed E-state index contributed by atoms with van der Waals surface area (Å²) in [7, 11) is 0. The second-order valence-electron chi connectivity index (χ2n) is 12.5. The van der Waals surface area contributed by atoms with E-state index in [1.54, 1.807) is 0 Å². The molecular formula is C25H43N3O2. The Morgan fingerprint density at radius 2 is 1.60 bits per heavy atom. The number of ether oxygens (including phenoxy) is 2. The number of nitrogens with zero attached hydrogens (tertiary/aromatic N) is 3. The summed E-state index contributed by atoms with van der Waals surface area (Å²) in [5, 5.41) is 0. The third-order valence-electron chi connectivity index (χ3n) is 9.69. The largest absolute Gasteiger partial charge is 0.378 e. The van der Waals surface area contributed by atoms with Crippen LogP contribution in [-0.4, -0.2) is 96.0 Å². The van der Waals surface area contributed by atoms with Crippen LogP contribution in [0.25, 0.3) is 0 Å². The zero-order valence-corrected chi connectivity index (χ0v) is 19.7. The molecule has 0 aromatic rings. The minimum absolute atomic E-state index is 0.143. The molecule has 30 heavy (non-hydrogen) atoms. The highest BCUT2D eigenvalue weighted by atomic mass is 16.5. The maximum absolute atomic E-state index is 6.44. The highest BCUT2D eigenvalue weighted by Gasteiger charge is 2.56. The van der Waals surface area contributed by atoms with E-state index >= 15 is 0 Å². The summed E-state index contributed by atoms with van der Waals surface area (Å²) in [4.78, 5) is 8.30. The van der Waals surface area contributed by atoms with Crippen molar-refractivity contribution >= 4 is 0 Å². The lowest BCUT2D eigenvalue weighted by Crippen LogP contribution is -2.69. The Morgan fingerprint density at radius 3 is 2.27 bits per heavy atom. The summed E-state index contributed by atoms with van der Waals surface area (Å²) in [6.07, 6.45) is 8.73. The quantitative estimate of drug-likeness (QED) is 0.635. The SMILES string of the molecule is CC(C)N1CC2CC(CC(C)N3CC4CC(CC(C)N5C6COCC5C6)(C4)C3)(C1)O2. The second kappa shape index (κ2) is 7.15. The summed E-state index contributed by atoms with van der Waals surface area (Å²) in [6.45, 7) is 16.5. The first-order chi connectivity index (χ1) is 14.3. The van der Waals surface area contributed by atoms with E-state index in [4.69, 9.17) is 9.47 Å². The van der Waals surface area contributed by atoms with Crippen molar-refractivity contribution in [3.63, 3.8) is 0 Å². The van der Waals surface area contributed by atoms with Gasteiger partial charge in [-0.1, -0.05) is 0 Å². The number of piperidine rings is 3. The average molecular weight is 418 g/mol. The Balaban J connectivity index is 1.06. The van der Waals surface area contributed by atoms with Crippen molar-refractivity contribution in [3.8, 4) is 0 Å². The van der Waals surface area contributed by atoms with Gasteiger partial charge >= 0.3 is 0 Å². The molecule has 170 valence electrons. The van der Waals surface area contributed by atoms with Crippen LogP contribution in [0.3, 0.4) is 0 Å². The van der Waals surface area contributed by atoms with Gasteiger partial charge in [-0.25, -0.2) is 0 Å². The maximum Gasteiger partial charge on any atom is 0.0853 e. The number of hydrogen-bond acceptors (Lipinski definition) is 5. The predicted molar refractivity (Wildman–Crippen MR) is 119 cm³/mol. The smallest absolute Gasteiger partial charge is 0.0853 e. The van der Waals surface area contributed by atoms with Crippen LogP contribution in [0, 0.1) is 11.3 Å². The Bertz CT molecular complexity index is 643. The van der Waals surface area contributed by atoms with Crippen molar-refractivity contribution in [2.45, 2.75) is 108 Å². The molecule has 7 aliphatic heterocycles. The average Bonchev–Trinajstić information content (AvgIpc) is 2.66. The van der Waals surface area contributed by atoms with Gasteiger partial charge in [0.15, 0.2) is 0 Å². The van der Waals surface area contributed by atoms with Gasteiger partial charge in [-0.15, -0.1) is 0 Å². The van der Waals surface area contributed by atoms with E-state index in [-0.39, 0.29) is 5.60 Å². The molecule has 0 aromatic carbocycles. The van der Waals surface area contributed by atoms with E-state index in [0.29, 0.717) is 35.7 Å². The van der Waals surface area contributed by atoms with Crippen LogP contribution in [-0.2, 0) is 9.47 Å². The molecule has 6 unspecified atom stereocenters. The number of morpholine rings is 2. The molecule has 6 bridgehead atoms. The molecule has 8 rings (SSSR count). The first-order valence-corrected chi connectivity index (χ1v) is 12.8. The predicted octanol–water partition coefficient (Wildman–Crippen LogP) is 2.98. The molecule has 8 aliphatic rings. The first kappa shape index (κ1) is 20.4. The number of hydrogen-bond donors (Lipinski definition) is 0. The monoisotopic (exact) mass is 417 g/mol. The van der Waals surface area contributed by atoms with E-state index in [2.05, 4.69) is 42.4 Å². The van der Waals surface area contributed by atoms with Gasteiger partial charge in [0.1, 0.15) is 0 Å². The lowest BCUT2D eigenvalue weighted by Gasteiger charge is -2.63. The molecule has 6 atom stereocenters. The lowest BCUT2D eigenvalue weighted by molar-refractivity contribution is -0.266. The van der Waals surface area contributed by atoms with Gasteiger partial charge in [0, 0.05) is 62.8 Å². The van der Waals surface area contributed by atoms with Crippen LogP contribution >= 0.6 is 0 Å². The highest BCUT2D eigenvalue weighted by molar-refractivity contribution is 5.08. The summed E-state index contributed by atoms with van der Waals surface area (Å²) in [6, 6.07) is 3.43. The topological polar surface area (TPSA) is 28.2 Å². The van der Waals surface area contributed by atoms with Crippen LogP contribution < -0.4 is 0 Å². The molecule has 0 N–H and O–H groups in total. The van der Waals surface area contributed by atoms with E-state index in [9.17, 15) is 0 Å². The van der Waals surface area contributed by atoms with E-state index in [0.717, 1.165) is 38.3 Å². The molecule has 1 aliphatic carbocycles. The Morgan fingerprint density at radius 1 is 0.867 bits per heavy atom. The summed E-state index contributed by atoms with van der Waals surface area (Å²) >= 11 is 0. The molecule has 0 radical (unpaired) electrons. The van der Waals surface area contributed by atoms with Crippen molar-refractivity contribution in [1.82, 2.24) is 14.7 Å². The van der Waals surface area contributed by atoms with Crippen LogP contribution in [0.4, 0.5) is 0 Å². The molecule has 0 amide bonds. The minimum Gasteiger partial charge on any atom is -0.378 e. The van der Waals surface area contributed by atoms with Gasteiger partial charge < -0.3 is 9.47 Å². The van der Waals surface area contributed by atoms with Gasteiger partial charge in [-0.05, 0) is 71.1 Å². The zero-order valence-electron chi connectivity index (χ0n) is 19.7. The van der Waals surface area contributed by atoms with Gasteiger partial charge in [0.2, 0.25) is 0 Å². The van der Waals surface area contributed by atoms with Gasteiger partial charge in [0.05, 0.1) is 24.9 Å². The first-order valence-electron chi connectivity index (χ1n) is 12.8. The van der Waals surface area contributed by atoms with Crippen LogP contribution in [0.15, 0.2) is 0 Å². The molecule has 1 saturated carbocycles. The molecule has 5 nitrogen and oxygen atoms in total. The van der Waals surface area contributed by atoms with Gasteiger partial charge in [-0.2, -0.15) is 0 Å². The fourth-order valence-electron chi connectivity index (χ4n) is 8.55. The zero-order chi connectivity index (χ0) is 20.7. The Kier molecular flexibility index (Phi) is 4.86. The van der Waals surface area contributed by atoms with E-state index in [1.807, 2.05) is 0 Å². The number of rotatable bonds is 7.